The van der Waals surface area contributed by atoms with Gasteiger partial charge < -0.3 is 10.3 Å². The molecule has 6 heteroatoms. The molecule has 0 spiro atoms. The first-order chi connectivity index (χ1) is 7.65. The SMILES string of the molecule is Cc1ncc(CNC2CCC(=O)NC2=O)[nH]1. The molecule has 2 heterocycles. The van der Waals surface area contributed by atoms with E-state index in [-0.39, 0.29) is 17.9 Å². The van der Waals surface area contributed by atoms with Gasteiger partial charge in [-0.2, -0.15) is 0 Å². The highest BCUT2D eigenvalue weighted by Gasteiger charge is 2.25. The van der Waals surface area contributed by atoms with Crippen LogP contribution in [-0.2, 0) is 16.1 Å². The van der Waals surface area contributed by atoms with Crippen molar-refractivity contribution in [3.8, 4) is 0 Å². The molecule has 1 aliphatic rings. The van der Waals surface area contributed by atoms with Crippen LogP contribution < -0.4 is 10.6 Å². The molecule has 2 amide bonds. The normalized spacial score (nSPS) is 20.9. The summed E-state index contributed by atoms with van der Waals surface area (Å²) >= 11 is 0. The van der Waals surface area contributed by atoms with Gasteiger partial charge in [0.1, 0.15) is 5.82 Å². The average Bonchev–Trinajstić information content (AvgIpc) is 2.63. The molecule has 1 fully saturated rings. The van der Waals surface area contributed by atoms with E-state index in [0.29, 0.717) is 19.4 Å². The Hall–Kier alpha value is -1.69. The maximum absolute atomic E-state index is 11.4. The molecule has 0 aromatic carbocycles. The third kappa shape index (κ3) is 2.46. The summed E-state index contributed by atoms with van der Waals surface area (Å²) in [4.78, 5) is 29.5. The molecule has 0 saturated carbocycles. The number of imidazole rings is 1. The first-order valence-corrected chi connectivity index (χ1v) is 5.22. The number of amides is 2. The number of H-pyrrole nitrogens is 1. The Labute approximate surface area is 92.8 Å². The maximum Gasteiger partial charge on any atom is 0.243 e. The lowest BCUT2D eigenvalue weighted by molar-refractivity contribution is -0.134. The minimum atomic E-state index is -0.290. The topological polar surface area (TPSA) is 86.9 Å². The molecule has 1 aliphatic heterocycles. The van der Waals surface area contributed by atoms with Crippen LogP contribution >= 0.6 is 0 Å². The van der Waals surface area contributed by atoms with Crippen LogP contribution in [0.5, 0.6) is 0 Å². The first-order valence-electron chi connectivity index (χ1n) is 5.22. The number of aryl methyl sites for hydroxylation is 1. The van der Waals surface area contributed by atoms with Crippen molar-refractivity contribution in [2.24, 2.45) is 0 Å². The molecule has 16 heavy (non-hydrogen) atoms. The number of carbonyl (C=O) groups excluding carboxylic acids is 2. The van der Waals surface area contributed by atoms with E-state index in [0.717, 1.165) is 11.5 Å². The highest BCUT2D eigenvalue weighted by molar-refractivity contribution is 6.00. The van der Waals surface area contributed by atoms with Crippen LogP contribution in [0.25, 0.3) is 0 Å². The van der Waals surface area contributed by atoms with Crippen LogP contribution in [0.15, 0.2) is 6.20 Å². The molecule has 2 rings (SSSR count). The van der Waals surface area contributed by atoms with E-state index in [1.807, 2.05) is 6.92 Å². The fourth-order valence-electron chi connectivity index (χ4n) is 1.68. The van der Waals surface area contributed by atoms with Crippen molar-refractivity contribution in [2.45, 2.75) is 32.4 Å². The molecule has 0 bridgehead atoms. The number of piperidine rings is 1. The van der Waals surface area contributed by atoms with Gasteiger partial charge >= 0.3 is 0 Å². The second-order valence-corrected chi connectivity index (χ2v) is 3.88. The van der Waals surface area contributed by atoms with E-state index < -0.39 is 0 Å². The van der Waals surface area contributed by atoms with Crippen molar-refractivity contribution in [1.29, 1.82) is 0 Å². The third-order valence-corrected chi connectivity index (χ3v) is 2.53. The summed E-state index contributed by atoms with van der Waals surface area (Å²) in [5.41, 5.74) is 0.933. The van der Waals surface area contributed by atoms with E-state index in [4.69, 9.17) is 0 Å². The maximum atomic E-state index is 11.4. The smallest absolute Gasteiger partial charge is 0.243 e. The molecule has 6 nitrogen and oxygen atoms in total. The molecule has 1 unspecified atom stereocenters. The lowest BCUT2D eigenvalue weighted by Gasteiger charge is -2.21. The predicted octanol–water partition coefficient (Wildman–Crippen LogP) is -0.387. The summed E-state index contributed by atoms with van der Waals surface area (Å²) in [6.45, 7) is 2.42. The molecule has 3 N–H and O–H groups in total. The minimum absolute atomic E-state index is 0.194. The van der Waals surface area contributed by atoms with Gasteiger partial charge in [0.15, 0.2) is 0 Å². The van der Waals surface area contributed by atoms with E-state index in [2.05, 4.69) is 20.6 Å². The van der Waals surface area contributed by atoms with Crippen molar-refractivity contribution < 1.29 is 9.59 Å². The van der Waals surface area contributed by atoms with Crippen molar-refractivity contribution in [3.63, 3.8) is 0 Å². The molecule has 0 radical (unpaired) electrons. The van der Waals surface area contributed by atoms with Crippen LogP contribution in [0.4, 0.5) is 0 Å². The zero-order chi connectivity index (χ0) is 11.5. The summed E-state index contributed by atoms with van der Waals surface area (Å²) < 4.78 is 0. The van der Waals surface area contributed by atoms with Crippen molar-refractivity contribution in [3.05, 3.63) is 17.7 Å². The highest BCUT2D eigenvalue weighted by atomic mass is 16.2. The standard InChI is InChI=1S/C10H14N4O2/c1-6-11-4-7(13-6)5-12-8-2-3-9(15)14-10(8)16/h4,8,12H,2-3,5H2,1H3,(H,11,13)(H,14,15,16). The van der Waals surface area contributed by atoms with Gasteiger partial charge in [0.05, 0.1) is 6.04 Å². The molecule has 1 saturated heterocycles. The summed E-state index contributed by atoms with van der Waals surface area (Å²) in [5.74, 6) is 0.410. The van der Waals surface area contributed by atoms with Gasteiger partial charge in [-0.15, -0.1) is 0 Å². The van der Waals surface area contributed by atoms with E-state index in [1.54, 1.807) is 6.20 Å². The number of nitrogens with one attached hydrogen (secondary N) is 3. The zero-order valence-electron chi connectivity index (χ0n) is 9.04. The number of imide groups is 1. The van der Waals surface area contributed by atoms with Gasteiger partial charge in [0.2, 0.25) is 11.8 Å². The Kier molecular flexibility index (Phi) is 3.00. The largest absolute Gasteiger partial charge is 0.345 e. The lowest BCUT2D eigenvalue weighted by Crippen LogP contribution is -2.50. The number of nitrogens with zero attached hydrogens (tertiary/aromatic N) is 1. The first kappa shape index (κ1) is 10.8. The summed E-state index contributed by atoms with van der Waals surface area (Å²) in [5, 5.41) is 5.39. The quantitative estimate of drug-likeness (QED) is 0.608. The Morgan fingerprint density at radius 1 is 1.56 bits per heavy atom. The number of carbonyl (C=O) groups is 2. The van der Waals surface area contributed by atoms with E-state index in [1.165, 1.54) is 0 Å². The van der Waals surface area contributed by atoms with Gasteiger partial charge in [-0.3, -0.25) is 14.9 Å². The number of aromatic amines is 1. The zero-order valence-corrected chi connectivity index (χ0v) is 9.04. The van der Waals surface area contributed by atoms with Crippen LogP contribution in [0.2, 0.25) is 0 Å². The van der Waals surface area contributed by atoms with Gasteiger partial charge in [-0.25, -0.2) is 4.98 Å². The monoisotopic (exact) mass is 222 g/mol. The second-order valence-electron chi connectivity index (χ2n) is 3.88. The van der Waals surface area contributed by atoms with Crippen LogP contribution in [0.1, 0.15) is 24.4 Å². The number of rotatable bonds is 3. The minimum Gasteiger partial charge on any atom is -0.345 e. The molecule has 1 atom stereocenters. The van der Waals surface area contributed by atoms with Gasteiger partial charge in [0, 0.05) is 24.9 Å². The third-order valence-electron chi connectivity index (χ3n) is 2.53. The highest BCUT2D eigenvalue weighted by Crippen LogP contribution is 2.05. The van der Waals surface area contributed by atoms with Crippen LogP contribution in [0, 0.1) is 6.92 Å². The Morgan fingerprint density at radius 3 is 3.00 bits per heavy atom. The van der Waals surface area contributed by atoms with Crippen molar-refractivity contribution in [2.75, 3.05) is 0 Å². The Balaban J connectivity index is 1.86. The summed E-state index contributed by atoms with van der Waals surface area (Å²) in [6.07, 6.45) is 2.68. The second kappa shape index (κ2) is 4.44. The summed E-state index contributed by atoms with van der Waals surface area (Å²) in [7, 11) is 0. The van der Waals surface area contributed by atoms with Crippen molar-refractivity contribution >= 4 is 11.8 Å². The number of hydrogen-bond acceptors (Lipinski definition) is 4. The van der Waals surface area contributed by atoms with Gasteiger partial charge in [-0.1, -0.05) is 0 Å². The lowest BCUT2D eigenvalue weighted by atomic mass is 10.1. The molecule has 0 aliphatic carbocycles. The Morgan fingerprint density at radius 2 is 2.38 bits per heavy atom. The molecule has 1 aromatic rings. The summed E-state index contributed by atoms with van der Waals surface area (Å²) in [6, 6.07) is -0.290. The number of aromatic nitrogens is 2. The van der Waals surface area contributed by atoms with Crippen LogP contribution in [0.3, 0.4) is 0 Å². The molecular weight excluding hydrogens is 208 g/mol. The predicted molar refractivity (Wildman–Crippen MR) is 56.3 cm³/mol. The fraction of sp³-hybridized carbons (Fsp3) is 0.500. The molecule has 1 aromatic heterocycles. The molecular formula is C10H14N4O2. The van der Waals surface area contributed by atoms with Crippen LogP contribution in [-0.4, -0.2) is 27.8 Å². The van der Waals surface area contributed by atoms with E-state index >= 15 is 0 Å². The average molecular weight is 222 g/mol. The number of hydrogen-bond donors (Lipinski definition) is 3. The fourth-order valence-corrected chi connectivity index (χ4v) is 1.68. The molecule has 86 valence electrons. The van der Waals surface area contributed by atoms with Gasteiger partial charge in [-0.05, 0) is 13.3 Å². The van der Waals surface area contributed by atoms with Gasteiger partial charge in [0.25, 0.3) is 0 Å². The Bertz CT molecular complexity index is 413. The van der Waals surface area contributed by atoms with E-state index in [9.17, 15) is 9.59 Å². The van der Waals surface area contributed by atoms with Crippen molar-refractivity contribution in [1.82, 2.24) is 20.6 Å².